The van der Waals surface area contributed by atoms with Gasteiger partial charge in [0.2, 0.25) is 0 Å². The normalized spacial score (nSPS) is 9.44. The lowest BCUT2D eigenvalue weighted by Gasteiger charge is -1.91. The third kappa shape index (κ3) is 1.46. The Bertz CT molecular complexity index is 198. The standard InChI is InChI=1S/C8H10N/c1-3-5-9-6-4-8(2)7-9/h3-7H,1H2,2H3. The van der Waals surface area contributed by atoms with E-state index in [1.807, 2.05) is 23.5 Å². The zero-order valence-corrected chi connectivity index (χ0v) is 5.54. The van der Waals surface area contributed by atoms with Crippen LogP contribution >= 0.6 is 0 Å². The molecule has 0 saturated heterocycles. The molecule has 0 aliphatic heterocycles. The van der Waals surface area contributed by atoms with Crippen molar-refractivity contribution < 1.29 is 0 Å². The summed E-state index contributed by atoms with van der Waals surface area (Å²) in [5.74, 6) is 0. The average molecular weight is 120 g/mol. The lowest BCUT2D eigenvalue weighted by molar-refractivity contribution is 1.01. The highest BCUT2D eigenvalue weighted by molar-refractivity contribution is 5.10. The average Bonchev–Trinajstić information content (AvgIpc) is 2.17. The number of hydrogen-bond donors (Lipinski definition) is 0. The van der Waals surface area contributed by atoms with E-state index in [9.17, 15) is 0 Å². The second-order valence-corrected chi connectivity index (χ2v) is 2.02. The van der Waals surface area contributed by atoms with Gasteiger partial charge in [0, 0.05) is 12.4 Å². The van der Waals surface area contributed by atoms with Gasteiger partial charge in [0.05, 0.1) is 6.54 Å². The zero-order valence-electron chi connectivity index (χ0n) is 5.54. The number of hydrogen-bond acceptors (Lipinski definition) is 0. The molecule has 0 aliphatic carbocycles. The number of rotatable bonds is 2. The predicted octanol–water partition coefficient (Wildman–Crippen LogP) is 1.99. The second-order valence-electron chi connectivity index (χ2n) is 2.02. The minimum Gasteiger partial charge on any atom is -0.345 e. The second kappa shape index (κ2) is 2.53. The molecule has 0 amide bonds. The van der Waals surface area contributed by atoms with Gasteiger partial charge in [-0.1, -0.05) is 6.08 Å². The van der Waals surface area contributed by atoms with Crippen molar-refractivity contribution in [3.63, 3.8) is 0 Å². The van der Waals surface area contributed by atoms with Gasteiger partial charge in [-0.05, 0) is 18.6 Å². The smallest absolute Gasteiger partial charge is 0.0751 e. The minimum atomic E-state index is 1.27. The molecule has 47 valence electrons. The van der Waals surface area contributed by atoms with Gasteiger partial charge in [0.25, 0.3) is 0 Å². The van der Waals surface area contributed by atoms with E-state index in [4.69, 9.17) is 0 Å². The summed E-state index contributed by atoms with van der Waals surface area (Å²) in [5.41, 5.74) is 1.27. The fourth-order valence-corrected chi connectivity index (χ4v) is 0.739. The Morgan fingerprint density at radius 3 is 2.89 bits per heavy atom. The highest BCUT2D eigenvalue weighted by Gasteiger charge is 1.86. The fourth-order valence-electron chi connectivity index (χ4n) is 0.739. The summed E-state index contributed by atoms with van der Waals surface area (Å²) in [4.78, 5) is 0. The first-order valence-corrected chi connectivity index (χ1v) is 2.93. The molecule has 1 radical (unpaired) electrons. The van der Waals surface area contributed by atoms with Gasteiger partial charge in [-0.15, -0.1) is 6.58 Å². The van der Waals surface area contributed by atoms with E-state index in [1.54, 1.807) is 6.08 Å². The summed E-state index contributed by atoms with van der Waals surface area (Å²) < 4.78 is 1.97. The number of nitrogens with zero attached hydrogens (tertiary/aromatic N) is 1. The van der Waals surface area contributed by atoms with Crippen molar-refractivity contribution >= 4 is 0 Å². The number of allylic oxidation sites excluding steroid dienone is 1. The van der Waals surface area contributed by atoms with Crippen molar-refractivity contribution in [2.45, 2.75) is 6.92 Å². The van der Waals surface area contributed by atoms with Crippen LogP contribution in [0.1, 0.15) is 5.56 Å². The van der Waals surface area contributed by atoms with Crippen LogP contribution in [0.3, 0.4) is 0 Å². The van der Waals surface area contributed by atoms with Gasteiger partial charge in [-0.25, -0.2) is 0 Å². The van der Waals surface area contributed by atoms with Crippen molar-refractivity contribution in [2.75, 3.05) is 0 Å². The molecule has 0 unspecified atom stereocenters. The Morgan fingerprint density at radius 1 is 1.67 bits per heavy atom. The lowest BCUT2D eigenvalue weighted by Crippen LogP contribution is -1.84. The highest BCUT2D eigenvalue weighted by Crippen LogP contribution is 1.98. The molecule has 9 heavy (non-hydrogen) atoms. The molecule has 1 heteroatoms. The molecule has 1 aromatic rings. The molecule has 0 aromatic carbocycles. The van der Waals surface area contributed by atoms with Crippen LogP contribution in [0.25, 0.3) is 0 Å². The van der Waals surface area contributed by atoms with Crippen LogP contribution < -0.4 is 0 Å². The minimum absolute atomic E-state index is 1.27. The van der Waals surface area contributed by atoms with E-state index >= 15 is 0 Å². The van der Waals surface area contributed by atoms with E-state index in [2.05, 4.69) is 19.6 Å². The predicted molar refractivity (Wildman–Crippen MR) is 39.1 cm³/mol. The molecule has 1 nitrogen and oxygen atoms in total. The third-order valence-corrected chi connectivity index (χ3v) is 1.14. The van der Waals surface area contributed by atoms with Crippen molar-refractivity contribution in [1.29, 1.82) is 0 Å². The van der Waals surface area contributed by atoms with E-state index < -0.39 is 0 Å². The maximum atomic E-state index is 3.59. The van der Waals surface area contributed by atoms with Crippen LogP contribution in [0.4, 0.5) is 0 Å². The van der Waals surface area contributed by atoms with Crippen molar-refractivity contribution in [1.82, 2.24) is 4.57 Å². The monoisotopic (exact) mass is 120 g/mol. The number of aromatic nitrogens is 1. The van der Waals surface area contributed by atoms with Crippen LogP contribution in [0.5, 0.6) is 0 Å². The van der Waals surface area contributed by atoms with Crippen LogP contribution in [0, 0.1) is 13.5 Å². The summed E-state index contributed by atoms with van der Waals surface area (Å²) in [6.07, 6.45) is 5.80. The van der Waals surface area contributed by atoms with Gasteiger partial charge in [-0.2, -0.15) is 0 Å². The molecule has 0 bridgehead atoms. The van der Waals surface area contributed by atoms with E-state index in [0.717, 1.165) is 0 Å². The Labute approximate surface area is 55.6 Å². The Morgan fingerprint density at radius 2 is 2.44 bits per heavy atom. The summed E-state index contributed by atoms with van der Waals surface area (Å²) in [7, 11) is 0. The summed E-state index contributed by atoms with van der Waals surface area (Å²) in [6, 6.07) is 2.06. The van der Waals surface area contributed by atoms with E-state index in [-0.39, 0.29) is 0 Å². The van der Waals surface area contributed by atoms with Gasteiger partial charge in [0.1, 0.15) is 0 Å². The first kappa shape index (κ1) is 6.14. The van der Waals surface area contributed by atoms with Crippen molar-refractivity contribution in [3.8, 4) is 0 Å². The lowest BCUT2D eigenvalue weighted by atomic mass is 10.4. The molecule has 0 fully saturated rings. The first-order valence-electron chi connectivity index (χ1n) is 2.93. The Kier molecular flexibility index (Phi) is 1.73. The molecule has 0 saturated carbocycles. The molecule has 0 spiro atoms. The SMILES string of the molecule is C=C[CH]n1ccc(C)c1. The number of aryl methyl sites for hydroxylation is 1. The molecule has 1 rings (SSSR count). The fraction of sp³-hybridized carbons (Fsp3) is 0.125. The van der Waals surface area contributed by atoms with Gasteiger partial charge in [0.15, 0.2) is 0 Å². The van der Waals surface area contributed by atoms with Crippen LogP contribution in [-0.4, -0.2) is 4.57 Å². The quantitative estimate of drug-likeness (QED) is 0.562. The molecule has 0 atom stereocenters. The summed E-state index contributed by atoms with van der Waals surface area (Å²) >= 11 is 0. The third-order valence-electron chi connectivity index (χ3n) is 1.14. The molecule has 1 aromatic heterocycles. The van der Waals surface area contributed by atoms with Crippen LogP contribution in [0.15, 0.2) is 31.1 Å². The maximum Gasteiger partial charge on any atom is 0.0751 e. The molecular formula is C8H10N. The maximum absolute atomic E-state index is 3.59. The van der Waals surface area contributed by atoms with E-state index in [0.29, 0.717) is 0 Å². The van der Waals surface area contributed by atoms with Gasteiger partial charge < -0.3 is 4.57 Å². The summed E-state index contributed by atoms with van der Waals surface area (Å²) in [6.45, 7) is 7.56. The highest BCUT2D eigenvalue weighted by atomic mass is 14.9. The van der Waals surface area contributed by atoms with Crippen LogP contribution in [-0.2, 0) is 0 Å². The summed E-state index contributed by atoms with van der Waals surface area (Å²) in [5, 5.41) is 0. The topological polar surface area (TPSA) is 4.93 Å². The van der Waals surface area contributed by atoms with Gasteiger partial charge in [-0.3, -0.25) is 0 Å². The molecule has 1 heterocycles. The Balaban J connectivity index is 2.72. The molecular weight excluding hydrogens is 110 g/mol. The first-order chi connectivity index (χ1) is 4.33. The van der Waals surface area contributed by atoms with E-state index in [1.165, 1.54) is 5.56 Å². The van der Waals surface area contributed by atoms with Crippen LogP contribution in [0.2, 0.25) is 0 Å². The van der Waals surface area contributed by atoms with Gasteiger partial charge >= 0.3 is 0 Å². The largest absolute Gasteiger partial charge is 0.345 e. The van der Waals surface area contributed by atoms with Crippen molar-refractivity contribution in [2.24, 2.45) is 0 Å². The molecule has 0 aliphatic rings. The van der Waals surface area contributed by atoms with Crippen molar-refractivity contribution in [3.05, 3.63) is 43.2 Å². The molecule has 0 N–H and O–H groups in total. The zero-order chi connectivity index (χ0) is 6.69. The Hall–Kier alpha value is -0.980.